The van der Waals surface area contributed by atoms with E-state index in [4.69, 9.17) is 10.8 Å². The van der Waals surface area contributed by atoms with Gasteiger partial charge >= 0.3 is 0 Å². The first-order chi connectivity index (χ1) is 9.63. The van der Waals surface area contributed by atoms with Crippen molar-refractivity contribution >= 4 is 16.9 Å². The van der Waals surface area contributed by atoms with Crippen LogP contribution in [0.5, 0.6) is 0 Å². The van der Waals surface area contributed by atoms with Crippen LogP contribution in [-0.4, -0.2) is 31.0 Å². The van der Waals surface area contributed by atoms with Gasteiger partial charge in [0.1, 0.15) is 11.6 Å². The Morgan fingerprint density at radius 1 is 1.30 bits per heavy atom. The predicted octanol–water partition coefficient (Wildman–Crippen LogP) is 1.32. The van der Waals surface area contributed by atoms with Crippen LogP contribution in [0.15, 0.2) is 24.3 Å². The molecule has 0 spiro atoms. The lowest BCUT2D eigenvalue weighted by atomic mass is 10.2. The Kier molecular flexibility index (Phi) is 2.94. The Balaban J connectivity index is 2.23. The number of para-hydroxylation sites is 2. The third-order valence-corrected chi connectivity index (χ3v) is 3.49. The van der Waals surface area contributed by atoms with Crippen LogP contribution in [0.25, 0.3) is 22.4 Å². The van der Waals surface area contributed by atoms with Crippen molar-refractivity contribution in [2.45, 2.75) is 13.5 Å². The molecule has 0 aliphatic heterocycles. The number of nitrogens with two attached hydrogens (primary N) is 1. The molecule has 3 aromatic rings. The fourth-order valence-electron chi connectivity index (χ4n) is 2.51. The monoisotopic (exact) mass is 271 g/mol. The molecule has 6 nitrogen and oxygen atoms in total. The largest absolute Gasteiger partial charge is 0.394 e. The minimum Gasteiger partial charge on any atom is -0.394 e. The number of hydrogen-bond donors (Lipinski definition) is 2. The van der Waals surface area contributed by atoms with Gasteiger partial charge in [-0.25, -0.2) is 9.67 Å². The molecular formula is C14H17N5O. The number of aryl methyl sites for hydroxylation is 2. The SMILES string of the molecule is Cc1nn(CCO)c(N)c1-c1nc2ccccc2n1C. The molecule has 3 rings (SSSR count). The highest BCUT2D eigenvalue weighted by Gasteiger charge is 2.19. The normalized spacial score (nSPS) is 11.3. The van der Waals surface area contributed by atoms with Crippen LogP contribution in [0, 0.1) is 6.92 Å². The summed E-state index contributed by atoms with van der Waals surface area (Å²) < 4.78 is 3.63. The van der Waals surface area contributed by atoms with E-state index >= 15 is 0 Å². The molecular weight excluding hydrogens is 254 g/mol. The summed E-state index contributed by atoms with van der Waals surface area (Å²) in [6, 6.07) is 7.95. The van der Waals surface area contributed by atoms with E-state index in [0.29, 0.717) is 12.4 Å². The van der Waals surface area contributed by atoms with Crippen LogP contribution in [-0.2, 0) is 13.6 Å². The van der Waals surface area contributed by atoms with Crippen molar-refractivity contribution in [1.82, 2.24) is 19.3 Å². The van der Waals surface area contributed by atoms with Gasteiger partial charge in [0.2, 0.25) is 0 Å². The van der Waals surface area contributed by atoms with Crippen molar-refractivity contribution in [3.05, 3.63) is 30.0 Å². The van der Waals surface area contributed by atoms with Crippen LogP contribution in [0.2, 0.25) is 0 Å². The molecule has 0 aliphatic rings. The predicted molar refractivity (Wildman–Crippen MR) is 78.2 cm³/mol. The Bertz CT molecular complexity index is 771. The summed E-state index contributed by atoms with van der Waals surface area (Å²) >= 11 is 0. The van der Waals surface area contributed by atoms with Crippen LogP contribution in [0.1, 0.15) is 5.69 Å². The summed E-state index contributed by atoms with van der Waals surface area (Å²) in [4.78, 5) is 4.64. The van der Waals surface area contributed by atoms with E-state index in [0.717, 1.165) is 28.1 Å². The molecule has 3 N–H and O–H groups in total. The molecule has 0 saturated heterocycles. The van der Waals surface area contributed by atoms with E-state index in [-0.39, 0.29) is 6.61 Å². The fourth-order valence-corrected chi connectivity index (χ4v) is 2.51. The van der Waals surface area contributed by atoms with Crippen LogP contribution < -0.4 is 5.73 Å². The van der Waals surface area contributed by atoms with Gasteiger partial charge in [0.25, 0.3) is 0 Å². The summed E-state index contributed by atoms with van der Waals surface area (Å²) in [7, 11) is 1.97. The zero-order chi connectivity index (χ0) is 14.3. The topological polar surface area (TPSA) is 81.9 Å². The van der Waals surface area contributed by atoms with E-state index in [1.165, 1.54) is 0 Å². The maximum absolute atomic E-state index is 9.05. The summed E-state index contributed by atoms with van der Waals surface area (Å²) in [5, 5.41) is 13.4. The first-order valence-corrected chi connectivity index (χ1v) is 6.49. The Morgan fingerprint density at radius 2 is 2.05 bits per heavy atom. The van der Waals surface area contributed by atoms with E-state index < -0.39 is 0 Å². The molecule has 6 heteroatoms. The molecule has 0 atom stereocenters. The number of aromatic nitrogens is 4. The lowest BCUT2D eigenvalue weighted by molar-refractivity contribution is 0.270. The number of nitrogens with zero attached hydrogens (tertiary/aromatic N) is 4. The number of benzene rings is 1. The zero-order valence-corrected chi connectivity index (χ0v) is 11.5. The molecule has 0 radical (unpaired) electrons. The van der Waals surface area contributed by atoms with E-state index in [1.54, 1.807) is 4.68 Å². The summed E-state index contributed by atoms with van der Waals surface area (Å²) in [6.07, 6.45) is 0. The Hall–Kier alpha value is -2.34. The van der Waals surface area contributed by atoms with Crippen molar-refractivity contribution in [3.63, 3.8) is 0 Å². The minimum absolute atomic E-state index is 0.00724. The molecule has 0 bridgehead atoms. The zero-order valence-electron chi connectivity index (χ0n) is 11.5. The lowest BCUT2D eigenvalue weighted by Gasteiger charge is -2.04. The number of imidazole rings is 1. The molecule has 0 unspecified atom stereocenters. The molecule has 0 fully saturated rings. The van der Waals surface area contributed by atoms with E-state index in [1.807, 2.05) is 42.8 Å². The van der Waals surface area contributed by atoms with Crippen molar-refractivity contribution in [1.29, 1.82) is 0 Å². The highest BCUT2D eigenvalue weighted by Crippen LogP contribution is 2.30. The highest BCUT2D eigenvalue weighted by atomic mass is 16.3. The van der Waals surface area contributed by atoms with Gasteiger partial charge in [-0.15, -0.1) is 0 Å². The van der Waals surface area contributed by atoms with Crippen LogP contribution in [0.4, 0.5) is 5.82 Å². The first-order valence-electron chi connectivity index (χ1n) is 6.49. The smallest absolute Gasteiger partial charge is 0.146 e. The quantitative estimate of drug-likeness (QED) is 0.752. The number of rotatable bonds is 3. The van der Waals surface area contributed by atoms with Gasteiger partial charge in [-0.2, -0.15) is 5.10 Å². The van der Waals surface area contributed by atoms with Gasteiger partial charge < -0.3 is 15.4 Å². The van der Waals surface area contributed by atoms with E-state index in [9.17, 15) is 0 Å². The van der Waals surface area contributed by atoms with Crippen molar-refractivity contribution in [2.75, 3.05) is 12.3 Å². The van der Waals surface area contributed by atoms with Crippen LogP contribution in [0.3, 0.4) is 0 Å². The number of aliphatic hydroxyl groups is 1. The maximum atomic E-state index is 9.05. The second-order valence-electron chi connectivity index (χ2n) is 4.78. The average molecular weight is 271 g/mol. The Labute approximate surface area is 116 Å². The molecule has 104 valence electrons. The summed E-state index contributed by atoms with van der Waals surface area (Å²) in [5.41, 5.74) is 9.78. The molecule has 1 aromatic carbocycles. The van der Waals surface area contributed by atoms with Gasteiger partial charge in [-0.3, -0.25) is 0 Å². The lowest BCUT2D eigenvalue weighted by Crippen LogP contribution is -2.08. The molecule has 20 heavy (non-hydrogen) atoms. The van der Waals surface area contributed by atoms with Crippen LogP contribution >= 0.6 is 0 Å². The molecule has 0 aliphatic carbocycles. The van der Waals surface area contributed by atoms with Crippen molar-refractivity contribution in [2.24, 2.45) is 7.05 Å². The molecule has 2 aromatic heterocycles. The third-order valence-electron chi connectivity index (χ3n) is 3.49. The van der Waals surface area contributed by atoms with Gasteiger partial charge in [-0.05, 0) is 19.1 Å². The number of anilines is 1. The van der Waals surface area contributed by atoms with Gasteiger partial charge in [0.15, 0.2) is 0 Å². The molecule has 0 amide bonds. The summed E-state index contributed by atoms with van der Waals surface area (Å²) in [6.45, 7) is 2.29. The second-order valence-corrected chi connectivity index (χ2v) is 4.78. The number of aliphatic hydroxyl groups excluding tert-OH is 1. The fraction of sp³-hybridized carbons (Fsp3) is 0.286. The maximum Gasteiger partial charge on any atom is 0.146 e. The van der Waals surface area contributed by atoms with Crippen molar-refractivity contribution < 1.29 is 5.11 Å². The van der Waals surface area contributed by atoms with E-state index in [2.05, 4.69) is 10.1 Å². The third kappa shape index (κ3) is 1.77. The number of hydrogen-bond acceptors (Lipinski definition) is 4. The average Bonchev–Trinajstić information content (AvgIpc) is 2.89. The minimum atomic E-state index is 0.00724. The number of nitrogen functional groups attached to an aromatic ring is 1. The Morgan fingerprint density at radius 3 is 2.75 bits per heavy atom. The molecule has 0 saturated carbocycles. The first kappa shape index (κ1) is 12.7. The van der Waals surface area contributed by atoms with Gasteiger partial charge in [-0.1, -0.05) is 12.1 Å². The molecule has 2 heterocycles. The van der Waals surface area contributed by atoms with Gasteiger partial charge in [0, 0.05) is 7.05 Å². The summed E-state index contributed by atoms with van der Waals surface area (Å²) in [5.74, 6) is 1.33. The standard InChI is InChI=1S/C14H17N5O/c1-9-12(13(15)19(17-9)7-8-20)14-16-10-5-3-4-6-11(10)18(14)2/h3-6,20H,7-8,15H2,1-2H3. The number of fused-ring (bicyclic) bond motifs is 1. The highest BCUT2D eigenvalue weighted by molar-refractivity contribution is 5.83. The van der Waals surface area contributed by atoms with Gasteiger partial charge in [0.05, 0.1) is 35.4 Å². The van der Waals surface area contributed by atoms with Crippen molar-refractivity contribution in [3.8, 4) is 11.4 Å². The second kappa shape index (κ2) is 4.64.